The highest BCUT2D eigenvalue weighted by Crippen LogP contribution is 2.21. The molecule has 3 heteroatoms. The molecule has 0 unspecified atom stereocenters. The van der Waals surface area contributed by atoms with E-state index >= 15 is 0 Å². The number of anilines is 1. The van der Waals surface area contributed by atoms with Crippen LogP contribution in [0, 0.1) is 13.8 Å². The number of imidazole rings is 1. The van der Waals surface area contributed by atoms with Crippen LogP contribution in [-0.4, -0.2) is 9.55 Å². The lowest BCUT2D eigenvalue weighted by molar-refractivity contribution is 0.832. The van der Waals surface area contributed by atoms with E-state index in [0.717, 1.165) is 17.6 Å². The fourth-order valence-corrected chi connectivity index (χ4v) is 2.38. The Labute approximate surface area is 112 Å². The van der Waals surface area contributed by atoms with Gasteiger partial charge in [-0.2, -0.15) is 0 Å². The molecule has 0 fully saturated rings. The van der Waals surface area contributed by atoms with Crippen molar-refractivity contribution in [2.45, 2.75) is 20.4 Å². The zero-order chi connectivity index (χ0) is 13.4. The Bertz CT molecular complexity index is 741. The number of hydrogen-bond donors (Lipinski definition) is 1. The minimum Gasteiger partial charge on any atom is -0.369 e. The Kier molecular flexibility index (Phi) is 2.75. The average molecular weight is 251 g/mol. The zero-order valence-corrected chi connectivity index (χ0v) is 11.2. The van der Waals surface area contributed by atoms with Crippen LogP contribution in [0.4, 0.5) is 5.95 Å². The topological polar surface area (TPSA) is 43.8 Å². The Morgan fingerprint density at radius 3 is 2.68 bits per heavy atom. The minimum atomic E-state index is 0.573. The second-order valence-electron chi connectivity index (χ2n) is 4.97. The highest BCUT2D eigenvalue weighted by molar-refractivity contribution is 5.79. The monoisotopic (exact) mass is 251 g/mol. The number of nitrogens with zero attached hydrogens (tertiary/aromatic N) is 2. The SMILES string of the molecule is Cc1ccc2c(c1)nc(N)n2Cc1ccccc1C. The first-order chi connectivity index (χ1) is 9.15. The molecule has 0 aliphatic heterocycles. The van der Waals surface area contributed by atoms with Crippen LogP contribution in [0.25, 0.3) is 11.0 Å². The Morgan fingerprint density at radius 2 is 1.89 bits per heavy atom. The summed E-state index contributed by atoms with van der Waals surface area (Å²) in [6, 6.07) is 14.6. The predicted molar refractivity (Wildman–Crippen MR) is 79.2 cm³/mol. The second kappa shape index (κ2) is 4.43. The number of aromatic nitrogens is 2. The lowest BCUT2D eigenvalue weighted by atomic mass is 10.1. The summed E-state index contributed by atoms with van der Waals surface area (Å²) >= 11 is 0. The van der Waals surface area contributed by atoms with Crippen molar-refractivity contribution in [2.75, 3.05) is 5.73 Å². The molecule has 0 aliphatic rings. The van der Waals surface area contributed by atoms with Gasteiger partial charge in [0.05, 0.1) is 17.6 Å². The third-order valence-corrected chi connectivity index (χ3v) is 3.52. The summed E-state index contributed by atoms with van der Waals surface area (Å²) in [5.41, 5.74) is 11.9. The van der Waals surface area contributed by atoms with Crippen LogP contribution in [0.5, 0.6) is 0 Å². The molecule has 0 atom stereocenters. The number of aryl methyl sites for hydroxylation is 2. The summed E-state index contributed by atoms with van der Waals surface area (Å²) in [6.45, 7) is 4.95. The molecule has 0 bridgehead atoms. The van der Waals surface area contributed by atoms with Gasteiger partial charge in [0.1, 0.15) is 0 Å². The summed E-state index contributed by atoms with van der Waals surface area (Å²) in [5, 5.41) is 0. The van der Waals surface area contributed by atoms with E-state index in [4.69, 9.17) is 5.73 Å². The third kappa shape index (κ3) is 2.08. The number of benzene rings is 2. The fraction of sp³-hybridized carbons (Fsp3) is 0.188. The maximum Gasteiger partial charge on any atom is 0.201 e. The summed E-state index contributed by atoms with van der Waals surface area (Å²) in [7, 11) is 0. The van der Waals surface area contributed by atoms with Crippen LogP contribution in [0.3, 0.4) is 0 Å². The van der Waals surface area contributed by atoms with E-state index in [2.05, 4.69) is 65.9 Å². The number of rotatable bonds is 2. The fourth-order valence-electron chi connectivity index (χ4n) is 2.38. The van der Waals surface area contributed by atoms with Crippen molar-refractivity contribution in [3.05, 3.63) is 59.2 Å². The number of nitrogen functional groups attached to an aromatic ring is 1. The van der Waals surface area contributed by atoms with Crippen molar-refractivity contribution in [1.29, 1.82) is 0 Å². The molecule has 1 aromatic heterocycles. The molecule has 2 aromatic carbocycles. The third-order valence-electron chi connectivity index (χ3n) is 3.52. The van der Waals surface area contributed by atoms with Gasteiger partial charge in [0.2, 0.25) is 5.95 Å². The van der Waals surface area contributed by atoms with E-state index in [1.165, 1.54) is 16.7 Å². The van der Waals surface area contributed by atoms with Crippen LogP contribution >= 0.6 is 0 Å². The number of nitrogens with two attached hydrogens (primary N) is 1. The van der Waals surface area contributed by atoms with Crippen LogP contribution < -0.4 is 5.73 Å². The number of hydrogen-bond acceptors (Lipinski definition) is 2. The van der Waals surface area contributed by atoms with Gasteiger partial charge in [-0.1, -0.05) is 30.3 Å². The minimum absolute atomic E-state index is 0.573. The van der Waals surface area contributed by atoms with Gasteiger partial charge >= 0.3 is 0 Å². The molecule has 1 heterocycles. The number of fused-ring (bicyclic) bond motifs is 1. The van der Waals surface area contributed by atoms with Crippen molar-refractivity contribution in [2.24, 2.45) is 0 Å². The largest absolute Gasteiger partial charge is 0.369 e. The molecule has 2 N–H and O–H groups in total. The van der Waals surface area contributed by atoms with Crippen LogP contribution in [0.1, 0.15) is 16.7 Å². The van der Waals surface area contributed by atoms with E-state index in [-0.39, 0.29) is 0 Å². The first-order valence-corrected chi connectivity index (χ1v) is 6.42. The molecule has 0 aliphatic carbocycles. The van der Waals surface area contributed by atoms with Gasteiger partial charge in [-0.15, -0.1) is 0 Å². The molecule has 0 radical (unpaired) electrons. The molecule has 96 valence electrons. The quantitative estimate of drug-likeness (QED) is 0.759. The molecule has 3 nitrogen and oxygen atoms in total. The van der Waals surface area contributed by atoms with Gasteiger partial charge < -0.3 is 10.3 Å². The lowest BCUT2D eigenvalue weighted by Crippen LogP contribution is -2.05. The molecular weight excluding hydrogens is 234 g/mol. The van der Waals surface area contributed by atoms with Crippen molar-refractivity contribution in [3.63, 3.8) is 0 Å². The molecule has 0 spiro atoms. The van der Waals surface area contributed by atoms with Crippen molar-refractivity contribution < 1.29 is 0 Å². The average Bonchev–Trinajstić information content (AvgIpc) is 2.68. The van der Waals surface area contributed by atoms with Crippen LogP contribution in [0.15, 0.2) is 42.5 Å². The Morgan fingerprint density at radius 1 is 1.11 bits per heavy atom. The summed E-state index contributed by atoms with van der Waals surface area (Å²) in [4.78, 5) is 4.44. The molecule has 19 heavy (non-hydrogen) atoms. The standard InChI is InChI=1S/C16H17N3/c1-11-7-8-15-14(9-11)18-16(17)19(15)10-13-6-4-3-5-12(13)2/h3-9H,10H2,1-2H3,(H2,17,18). The smallest absolute Gasteiger partial charge is 0.201 e. The van der Waals surface area contributed by atoms with Gasteiger partial charge in [-0.25, -0.2) is 4.98 Å². The Balaban J connectivity index is 2.10. The van der Waals surface area contributed by atoms with E-state index in [1.807, 2.05) is 0 Å². The van der Waals surface area contributed by atoms with Gasteiger partial charge in [0, 0.05) is 0 Å². The van der Waals surface area contributed by atoms with Gasteiger partial charge in [-0.05, 0) is 42.7 Å². The molecule has 0 amide bonds. The van der Waals surface area contributed by atoms with Crippen LogP contribution in [-0.2, 0) is 6.54 Å². The second-order valence-corrected chi connectivity index (χ2v) is 4.97. The molecule has 3 aromatic rings. The van der Waals surface area contributed by atoms with Crippen molar-refractivity contribution in [1.82, 2.24) is 9.55 Å². The summed E-state index contributed by atoms with van der Waals surface area (Å²) in [6.07, 6.45) is 0. The maximum absolute atomic E-state index is 6.05. The maximum atomic E-state index is 6.05. The van der Waals surface area contributed by atoms with Crippen molar-refractivity contribution >= 4 is 17.0 Å². The first kappa shape index (κ1) is 11.8. The molecule has 3 rings (SSSR count). The lowest BCUT2D eigenvalue weighted by Gasteiger charge is -2.09. The van der Waals surface area contributed by atoms with E-state index < -0.39 is 0 Å². The van der Waals surface area contributed by atoms with E-state index in [9.17, 15) is 0 Å². The van der Waals surface area contributed by atoms with E-state index in [1.54, 1.807) is 0 Å². The summed E-state index contributed by atoms with van der Waals surface area (Å²) < 4.78 is 2.07. The van der Waals surface area contributed by atoms with Crippen molar-refractivity contribution in [3.8, 4) is 0 Å². The van der Waals surface area contributed by atoms with Gasteiger partial charge in [0.15, 0.2) is 0 Å². The summed E-state index contributed by atoms with van der Waals surface area (Å²) in [5.74, 6) is 0.573. The van der Waals surface area contributed by atoms with Gasteiger partial charge in [0.25, 0.3) is 0 Å². The van der Waals surface area contributed by atoms with Crippen LogP contribution in [0.2, 0.25) is 0 Å². The van der Waals surface area contributed by atoms with E-state index in [0.29, 0.717) is 5.95 Å². The molecule has 0 saturated heterocycles. The first-order valence-electron chi connectivity index (χ1n) is 6.42. The zero-order valence-electron chi connectivity index (χ0n) is 11.2. The van der Waals surface area contributed by atoms with Gasteiger partial charge in [-0.3, -0.25) is 0 Å². The highest BCUT2D eigenvalue weighted by atomic mass is 15.1. The predicted octanol–water partition coefficient (Wildman–Crippen LogP) is 3.28. The highest BCUT2D eigenvalue weighted by Gasteiger charge is 2.09. The molecule has 0 saturated carbocycles. The Hall–Kier alpha value is -2.29. The normalized spacial score (nSPS) is 11.1. The molecular formula is C16H17N3.